The summed E-state index contributed by atoms with van der Waals surface area (Å²) in [4.78, 5) is 20.7. The Morgan fingerprint density at radius 2 is 1.58 bits per heavy atom. The Bertz CT molecular complexity index is 624. The van der Waals surface area contributed by atoms with Gasteiger partial charge in [0.1, 0.15) is 12.4 Å². The van der Waals surface area contributed by atoms with E-state index in [0.717, 1.165) is 18.3 Å². The van der Waals surface area contributed by atoms with Crippen molar-refractivity contribution in [3.8, 4) is 0 Å². The van der Waals surface area contributed by atoms with Crippen molar-refractivity contribution in [1.29, 1.82) is 0 Å². The van der Waals surface area contributed by atoms with Crippen LogP contribution in [0.1, 0.15) is 43.4 Å². The summed E-state index contributed by atoms with van der Waals surface area (Å²) in [5, 5.41) is 0. The molecule has 0 heterocycles. The first-order valence-electron chi connectivity index (χ1n) is 8.31. The van der Waals surface area contributed by atoms with Gasteiger partial charge in [-0.15, -0.1) is 0 Å². The number of carbonyl (C=O) groups excluding carboxylic acids is 2. The van der Waals surface area contributed by atoms with Gasteiger partial charge in [-0.1, -0.05) is 67.6 Å². The van der Waals surface area contributed by atoms with Gasteiger partial charge in [-0.3, -0.25) is 4.79 Å². The zero-order chi connectivity index (χ0) is 17.4. The Labute approximate surface area is 143 Å². The third-order valence-electron chi connectivity index (χ3n) is 4.61. The molecule has 0 radical (unpaired) electrons. The predicted octanol–water partition coefficient (Wildman–Crippen LogP) is 4.55. The maximum atomic E-state index is 10.7. The summed E-state index contributed by atoms with van der Waals surface area (Å²) in [6.07, 6.45) is 2.02. The van der Waals surface area contributed by atoms with Crippen molar-refractivity contribution in [2.45, 2.75) is 32.3 Å². The molecule has 2 unspecified atom stereocenters. The smallest absolute Gasteiger partial charge is 0.293 e. The zero-order valence-electron chi connectivity index (χ0n) is 14.2. The molecule has 0 N–H and O–H groups in total. The molecule has 1 saturated carbocycles. The lowest BCUT2D eigenvalue weighted by atomic mass is 9.63. The molecular formula is C21H24O3. The van der Waals surface area contributed by atoms with E-state index in [1.165, 1.54) is 5.56 Å². The summed E-state index contributed by atoms with van der Waals surface area (Å²) >= 11 is 0. The zero-order valence-corrected chi connectivity index (χ0v) is 14.2. The highest BCUT2D eigenvalue weighted by Crippen LogP contribution is 2.46. The van der Waals surface area contributed by atoms with Gasteiger partial charge in [0.15, 0.2) is 0 Å². The van der Waals surface area contributed by atoms with Crippen molar-refractivity contribution in [2.24, 2.45) is 11.8 Å². The van der Waals surface area contributed by atoms with Gasteiger partial charge in [-0.25, -0.2) is 0 Å². The maximum Gasteiger partial charge on any atom is 0.293 e. The van der Waals surface area contributed by atoms with Crippen molar-refractivity contribution in [2.75, 3.05) is 0 Å². The SMILES string of the molecule is CC(OC=O)c1ccccc1.C[C@@H]1C[C@H](C=O)C1c1ccccc1. The molecule has 0 amide bonds. The Morgan fingerprint density at radius 1 is 1.00 bits per heavy atom. The molecule has 1 aliphatic carbocycles. The van der Waals surface area contributed by atoms with E-state index in [4.69, 9.17) is 4.74 Å². The Morgan fingerprint density at radius 3 is 2.08 bits per heavy atom. The first-order chi connectivity index (χ1) is 11.7. The van der Waals surface area contributed by atoms with Gasteiger partial charge in [-0.2, -0.15) is 0 Å². The molecule has 126 valence electrons. The molecular weight excluding hydrogens is 300 g/mol. The van der Waals surface area contributed by atoms with Crippen LogP contribution in [0.5, 0.6) is 0 Å². The van der Waals surface area contributed by atoms with Gasteiger partial charge < -0.3 is 9.53 Å². The number of hydrogen-bond donors (Lipinski definition) is 0. The van der Waals surface area contributed by atoms with Gasteiger partial charge in [0.25, 0.3) is 6.47 Å². The molecule has 0 aliphatic heterocycles. The van der Waals surface area contributed by atoms with E-state index >= 15 is 0 Å². The molecule has 0 saturated heterocycles. The molecule has 4 atom stereocenters. The van der Waals surface area contributed by atoms with Crippen LogP contribution in [-0.4, -0.2) is 12.8 Å². The maximum absolute atomic E-state index is 10.7. The largest absolute Gasteiger partial charge is 0.460 e. The Kier molecular flexibility index (Phi) is 6.74. The first-order valence-corrected chi connectivity index (χ1v) is 8.31. The molecule has 0 bridgehead atoms. The average Bonchev–Trinajstić information content (AvgIpc) is 2.62. The van der Waals surface area contributed by atoms with Crippen molar-refractivity contribution < 1.29 is 14.3 Å². The topological polar surface area (TPSA) is 43.4 Å². The van der Waals surface area contributed by atoms with Crippen LogP contribution >= 0.6 is 0 Å². The van der Waals surface area contributed by atoms with Crippen LogP contribution in [0.4, 0.5) is 0 Å². The van der Waals surface area contributed by atoms with Gasteiger partial charge in [-0.05, 0) is 36.3 Å². The van der Waals surface area contributed by atoms with Crippen LogP contribution in [0.2, 0.25) is 0 Å². The first kappa shape index (κ1) is 17.9. The van der Waals surface area contributed by atoms with E-state index in [1.807, 2.05) is 55.5 Å². The fourth-order valence-corrected chi connectivity index (χ4v) is 3.23. The highest BCUT2D eigenvalue weighted by atomic mass is 16.5. The minimum atomic E-state index is -0.145. The molecule has 3 nitrogen and oxygen atoms in total. The normalized spacial score (nSPS) is 23.0. The monoisotopic (exact) mass is 324 g/mol. The fourth-order valence-electron chi connectivity index (χ4n) is 3.23. The van der Waals surface area contributed by atoms with Crippen molar-refractivity contribution >= 4 is 12.8 Å². The summed E-state index contributed by atoms with van der Waals surface area (Å²) < 4.78 is 4.75. The van der Waals surface area contributed by atoms with Gasteiger partial charge in [0.2, 0.25) is 0 Å². The van der Waals surface area contributed by atoms with E-state index < -0.39 is 0 Å². The lowest BCUT2D eigenvalue weighted by Crippen LogP contribution is -2.33. The van der Waals surface area contributed by atoms with E-state index in [2.05, 4.69) is 19.1 Å². The van der Waals surface area contributed by atoms with Crippen LogP contribution < -0.4 is 0 Å². The standard InChI is InChI=1S/C12H14O.C9H10O2/c1-9-7-11(8-13)12(9)10-5-3-2-4-6-10;1-8(11-7-10)9-5-3-2-4-6-9/h2-6,8-9,11-12H,7H2,1H3;2-8H,1H3/t9-,11-,12?;/m1./s1. The second kappa shape index (κ2) is 9.02. The van der Waals surface area contributed by atoms with Crippen molar-refractivity contribution in [1.82, 2.24) is 0 Å². The minimum absolute atomic E-state index is 0.145. The van der Waals surface area contributed by atoms with Crippen LogP contribution in [-0.2, 0) is 14.3 Å². The molecule has 2 aromatic carbocycles. The highest BCUT2D eigenvalue weighted by molar-refractivity contribution is 5.58. The van der Waals surface area contributed by atoms with Gasteiger partial charge >= 0.3 is 0 Å². The fraction of sp³-hybridized carbons (Fsp3) is 0.333. The van der Waals surface area contributed by atoms with E-state index in [1.54, 1.807) is 0 Å². The summed E-state index contributed by atoms with van der Waals surface area (Å²) in [6, 6.07) is 20.0. The van der Waals surface area contributed by atoms with Crippen LogP contribution in [0.25, 0.3) is 0 Å². The Hall–Kier alpha value is -2.42. The molecule has 1 fully saturated rings. The molecule has 0 aromatic heterocycles. The van der Waals surface area contributed by atoms with E-state index in [-0.39, 0.29) is 12.0 Å². The molecule has 0 spiro atoms. The summed E-state index contributed by atoms with van der Waals surface area (Å²) in [5.74, 6) is 1.40. The van der Waals surface area contributed by atoms with Crippen LogP contribution in [0, 0.1) is 11.8 Å². The summed E-state index contributed by atoms with van der Waals surface area (Å²) in [6.45, 7) is 4.53. The van der Waals surface area contributed by atoms with Gasteiger partial charge in [0, 0.05) is 5.92 Å². The molecule has 3 rings (SSSR count). The quantitative estimate of drug-likeness (QED) is 0.758. The second-order valence-corrected chi connectivity index (χ2v) is 6.23. The molecule has 3 heteroatoms. The molecule has 1 aliphatic rings. The van der Waals surface area contributed by atoms with E-state index in [9.17, 15) is 9.59 Å². The molecule has 24 heavy (non-hydrogen) atoms. The lowest BCUT2D eigenvalue weighted by molar-refractivity contribution is -0.133. The summed E-state index contributed by atoms with van der Waals surface area (Å²) in [5.41, 5.74) is 2.33. The second-order valence-electron chi connectivity index (χ2n) is 6.23. The number of hydrogen-bond acceptors (Lipinski definition) is 3. The number of benzene rings is 2. The minimum Gasteiger partial charge on any atom is -0.460 e. The third kappa shape index (κ3) is 4.54. The van der Waals surface area contributed by atoms with Crippen LogP contribution in [0.3, 0.4) is 0 Å². The number of aldehydes is 1. The number of rotatable bonds is 5. The van der Waals surface area contributed by atoms with Crippen molar-refractivity contribution in [3.05, 3.63) is 71.8 Å². The number of ether oxygens (including phenoxy) is 1. The molecule has 2 aromatic rings. The van der Waals surface area contributed by atoms with Gasteiger partial charge in [0.05, 0.1) is 0 Å². The predicted molar refractivity (Wildman–Crippen MR) is 94.5 cm³/mol. The lowest BCUT2D eigenvalue weighted by Gasteiger charge is -2.40. The Balaban J connectivity index is 0.000000177. The number of carbonyl (C=O) groups is 2. The summed E-state index contributed by atoms with van der Waals surface area (Å²) in [7, 11) is 0. The van der Waals surface area contributed by atoms with Crippen LogP contribution in [0.15, 0.2) is 60.7 Å². The third-order valence-corrected chi connectivity index (χ3v) is 4.61. The average molecular weight is 324 g/mol. The highest BCUT2D eigenvalue weighted by Gasteiger charge is 2.38. The van der Waals surface area contributed by atoms with E-state index in [0.29, 0.717) is 18.3 Å². The van der Waals surface area contributed by atoms with Crippen molar-refractivity contribution in [3.63, 3.8) is 0 Å².